The summed E-state index contributed by atoms with van der Waals surface area (Å²) in [6.07, 6.45) is 1.57. The molecule has 1 fully saturated rings. The van der Waals surface area contributed by atoms with Crippen molar-refractivity contribution < 1.29 is 18.8 Å². The first-order valence-corrected chi connectivity index (χ1v) is 6.56. The maximum atomic E-state index is 11.7. The number of ketones is 1. The van der Waals surface area contributed by atoms with E-state index in [2.05, 4.69) is 10.1 Å². The quantitative estimate of drug-likeness (QED) is 0.805. The van der Waals surface area contributed by atoms with E-state index < -0.39 is 5.60 Å². The molecule has 6 nitrogen and oxygen atoms in total. The molecule has 1 aliphatic heterocycles. The van der Waals surface area contributed by atoms with E-state index in [1.807, 2.05) is 13.8 Å². The second-order valence-corrected chi connectivity index (χ2v) is 5.12. The number of carbonyl (C=O) groups excluding carboxylic acids is 1. The molecule has 0 saturated carbocycles. The highest BCUT2D eigenvalue weighted by Crippen LogP contribution is 2.33. The van der Waals surface area contributed by atoms with Crippen molar-refractivity contribution in [3.63, 3.8) is 0 Å². The third kappa shape index (κ3) is 3.01. The fourth-order valence-electron chi connectivity index (χ4n) is 2.09. The third-order valence-electron chi connectivity index (χ3n) is 3.54. The molecular weight excluding hydrogens is 248 g/mol. The first kappa shape index (κ1) is 14.1. The molecule has 1 aliphatic rings. The highest BCUT2D eigenvalue weighted by atomic mass is 16.5. The summed E-state index contributed by atoms with van der Waals surface area (Å²) in [4.78, 5) is 16.0. The van der Waals surface area contributed by atoms with E-state index in [0.717, 1.165) is 0 Å². The summed E-state index contributed by atoms with van der Waals surface area (Å²) < 4.78 is 16.1. The summed E-state index contributed by atoms with van der Waals surface area (Å²) >= 11 is 0. The monoisotopic (exact) mass is 268 g/mol. The molecule has 2 heterocycles. The van der Waals surface area contributed by atoms with Crippen LogP contribution in [0.25, 0.3) is 0 Å². The van der Waals surface area contributed by atoms with Crippen LogP contribution < -0.4 is 0 Å². The number of Topliss-reactive ketones (excluding diaryl/α,β-unsaturated/α-hetero) is 1. The Morgan fingerprint density at radius 1 is 1.42 bits per heavy atom. The molecule has 0 aromatic carbocycles. The molecule has 1 aromatic rings. The van der Waals surface area contributed by atoms with E-state index in [9.17, 15) is 4.79 Å². The van der Waals surface area contributed by atoms with Crippen molar-refractivity contribution >= 4 is 5.78 Å². The van der Waals surface area contributed by atoms with Gasteiger partial charge in [-0.1, -0.05) is 19.0 Å². The predicted molar refractivity (Wildman–Crippen MR) is 66.6 cm³/mol. The fourth-order valence-corrected chi connectivity index (χ4v) is 2.09. The molecule has 0 amide bonds. The standard InChI is InChI=1S/C13H20N2O4/c1-9(2)10(16)8-11-14-12(15-19-11)13(17-3)4-6-18-7-5-13/h9H,4-8H2,1-3H3. The molecule has 0 radical (unpaired) electrons. The molecule has 19 heavy (non-hydrogen) atoms. The van der Waals surface area contributed by atoms with Gasteiger partial charge in [-0.25, -0.2) is 0 Å². The number of rotatable bonds is 5. The highest BCUT2D eigenvalue weighted by Gasteiger charge is 2.39. The Morgan fingerprint density at radius 3 is 2.68 bits per heavy atom. The number of ether oxygens (including phenoxy) is 2. The second-order valence-electron chi connectivity index (χ2n) is 5.12. The number of carbonyl (C=O) groups is 1. The topological polar surface area (TPSA) is 74.5 Å². The number of nitrogens with zero attached hydrogens (tertiary/aromatic N) is 2. The predicted octanol–water partition coefficient (Wildman–Crippen LogP) is 1.49. The van der Waals surface area contributed by atoms with Gasteiger partial charge in [0.25, 0.3) is 0 Å². The van der Waals surface area contributed by atoms with Gasteiger partial charge in [0.2, 0.25) is 11.7 Å². The van der Waals surface area contributed by atoms with Crippen LogP contribution in [0, 0.1) is 5.92 Å². The Hall–Kier alpha value is -1.27. The Balaban J connectivity index is 2.13. The Bertz CT molecular complexity index is 436. The normalized spacial score (nSPS) is 18.7. The molecule has 2 rings (SSSR count). The average molecular weight is 268 g/mol. The average Bonchev–Trinajstić information content (AvgIpc) is 2.88. The SMILES string of the molecule is COC1(c2noc(CC(=O)C(C)C)n2)CCOCC1. The Morgan fingerprint density at radius 2 is 2.11 bits per heavy atom. The van der Waals surface area contributed by atoms with Crippen molar-refractivity contribution in [3.05, 3.63) is 11.7 Å². The lowest BCUT2D eigenvalue weighted by Gasteiger charge is -2.32. The molecule has 6 heteroatoms. The molecule has 0 N–H and O–H groups in total. The molecule has 1 saturated heterocycles. The summed E-state index contributed by atoms with van der Waals surface area (Å²) in [7, 11) is 1.64. The van der Waals surface area contributed by atoms with Crippen LogP contribution in [0.3, 0.4) is 0 Å². The van der Waals surface area contributed by atoms with E-state index >= 15 is 0 Å². The van der Waals surface area contributed by atoms with Crippen LogP contribution in [-0.4, -0.2) is 36.2 Å². The zero-order valence-corrected chi connectivity index (χ0v) is 11.6. The number of hydrogen-bond acceptors (Lipinski definition) is 6. The van der Waals surface area contributed by atoms with Gasteiger partial charge in [0, 0.05) is 39.1 Å². The van der Waals surface area contributed by atoms with Crippen LogP contribution in [0.4, 0.5) is 0 Å². The molecular formula is C13H20N2O4. The van der Waals surface area contributed by atoms with Crippen LogP contribution in [0.5, 0.6) is 0 Å². The number of hydrogen-bond donors (Lipinski definition) is 0. The lowest BCUT2D eigenvalue weighted by Crippen LogP contribution is -2.36. The van der Waals surface area contributed by atoms with Crippen molar-refractivity contribution in [2.24, 2.45) is 5.92 Å². The van der Waals surface area contributed by atoms with Crippen LogP contribution in [0.2, 0.25) is 0 Å². The van der Waals surface area contributed by atoms with Gasteiger partial charge in [-0.05, 0) is 0 Å². The number of aromatic nitrogens is 2. The highest BCUT2D eigenvalue weighted by molar-refractivity contribution is 5.81. The lowest BCUT2D eigenvalue weighted by atomic mass is 9.93. The lowest BCUT2D eigenvalue weighted by molar-refractivity contribution is -0.121. The van der Waals surface area contributed by atoms with Crippen LogP contribution in [0.1, 0.15) is 38.4 Å². The van der Waals surface area contributed by atoms with Crippen molar-refractivity contribution in [1.82, 2.24) is 10.1 Å². The smallest absolute Gasteiger partial charge is 0.234 e. The van der Waals surface area contributed by atoms with Gasteiger partial charge < -0.3 is 14.0 Å². The summed E-state index contributed by atoms with van der Waals surface area (Å²) in [5.74, 6) is 0.935. The first-order valence-electron chi connectivity index (χ1n) is 6.56. The van der Waals surface area contributed by atoms with E-state index in [0.29, 0.717) is 37.8 Å². The van der Waals surface area contributed by atoms with Crippen LogP contribution in [0.15, 0.2) is 4.52 Å². The van der Waals surface area contributed by atoms with Gasteiger partial charge in [-0.2, -0.15) is 4.98 Å². The summed E-state index contributed by atoms with van der Waals surface area (Å²) in [5, 5.41) is 3.98. The Labute approximate surface area is 112 Å². The van der Waals surface area contributed by atoms with Crippen LogP contribution >= 0.6 is 0 Å². The van der Waals surface area contributed by atoms with Crippen molar-refractivity contribution in [1.29, 1.82) is 0 Å². The van der Waals surface area contributed by atoms with Crippen molar-refractivity contribution in [3.8, 4) is 0 Å². The van der Waals surface area contributed by atoms with Gasteiger partial charge in [-0.15, -0.1) is 0 Å². The summed E-state index contributed by atoms with van der Waals surface area (Å²) in [6, 6.07) is 0. The van der Waals surface area contributed by atoms with Gasteiger partial charge >= 0.3 is 0 Å². The van der Waals surface area contributed by atoms with Gasteiger partial charge in [0.05, 0.1) is 6.42 Å². The zero-order chi connectivity index (χ0) is 13.9. The van der Waals surface area contributed by atoms with Crippen molar-refractivity contribution in [2.45, 2.75) is 38.7 Å². The minimum Gasteiger partial charge on any atom is -0.381 e. The first-order chi connectivity index (χ1) is 9.07. The summed E-state index contributed by atoms with van der Waals surface area (Å²) in [5.41, 5.74) is -0.541. The largest absolute Gasteiger partial charge is 0.381 e. The van der Waals surface area contributed by atoms with E-state index in [-0.39, 0.29) is 18.1 Å². The minimum absolute atomic E-state index is 0.0326. The minimum atomic E-state index is -0.541. The molecule has 1 aromatic heterocycles. The molecule has 0 atom stereocenters. The van der Waals surface area contributed by atoms with Gasteiger partial charge in [0.1, 0.15) is 11.4 Å². The van der Waals surface area contributed by atoms with E-state index in [1.165, 1.54) is 0 Å². The second kappa shape index (κ2) is 5.79. The fraction of sp³-hybridized carbons (Fsp3) is 0.769. The van der Waals surface area contributed by atoms with E-state index in [1.54, 1.807) is 7.11 Å². The van der Waals surface area contributed by atoms with Crippen LogP contribution in [-0.2, 0) is 26.3 Å². The molecule has 0 aliphatic carbocycles. The van der Waals surface area contributed by atoms with E-state index in [4.69, 9.17) is 14.0 Å². The zero-order valence-electron chi connectivity index (χ0n) is 11.6. The third-order valence-corrected chi connectivity index (χ3v) is 3.54. The van der Waals surface area contributed by atoms with Crippen molar-refractivity contribution in [2.75, 3.05) is 20.3 Å². The molecule has 0 unspecified atom stereocenters. The maximum absolute atomic E-state index is 11.7. The summed E-state index contributed by atoms with van der Waals surface area (Å²) in [6.45, 7) is 4.94. The molecule has 0 spiro atoms. The molecule has 0 bridgehead atoms. The maximum Gasteiger partial charge on any atom is 0.234 e. The Kier molecular flexibility index (Phi) is 4.31. The number of methoxy groups -OCH3 is 1. The van der Waals surface area contributed by atoms with Gasteiger partial charge in [-0.3, -0.25) is 4.79 Å². The van der Waals surface area contributed by atoms with Gasteiger partial charge in [0.15, 0.2) is 0 Å². The molecule has 106 valence electrons.